The fourth-order valence-electron chi connectivity index (χ4n) is 2.14. The van der Waals surface area contributed by atoms with E-state index in [0.717, 1.165) is 12.8 Å². The quantitative estimate of drug-likeness (QED) is 0.656. The number of carbonyl (C=O) groups is 1. The molecule has 1 saturated heterocycles. The Labute approximate surface area is 92.0 Å². The maximum absolute atomic E-state index is 11.3. The number of hydroxylamine groups is 2. The SMILES string of the molecule is C=CC(=O)ON1C(C)(C)C[CH]CC1(C)C. The molecule has 0 N–H and O–H groups in total. The van der Waals surface area contributed by atoms with Crippen LogP contribution in [0, 0.1) is 6.42 Å². The van der Waals surface area contributed by atoms with Crippen LogP contribution in [0.4, 0.5) is 0 Å². The summed E-state index contributed by atoms with van der Waals surface area (Å²) in [6.45, 7) is 11.7. The molecule has 1 aliphatic rings. The number of nitrogens with zero attached hydrogens (tertiary/aromatic N) is 1. The fraction of sp³-hybridized carbons (Fsp3) is 0.667. The molecule has 0 amide bonds. The lowest BCUT2D eigenvalue weighted by Gasteiger charge is -2.49. The van der Waals surface area contributed by atoms with Gasteiger partial charge in [-0.25, -0.2) is 4.79 Å². The molecule has 0 aromatic rings. The summed E-state index contributed by atoms with van der Waals surface area (Å²) in [5.74, 6) is -0.391. The highest BCUT2D eigenvalue weighted by Crippen LogP contribution is 2.37. The average molecular weight is 210 g/mol. The largest absolute Gasteiger partial charge is 0.363 e. The van der Waals surface area contributed by atoms with Crippen LogP contribution in [0.5, 0.6) is 0 Å². The summed E-state index contributed by atoms with van der Waals surface area (Å²) < 4.78 is 0. The van der Waals surface area contributed by atoms with E-state index >= 15 is 0 Å². The molecular weight excluding hydrogens is 190 g/mol. The lowest BCUT2D eigenvalue weighted by molar-refractivity contribution is -0.256. The second-order valence-electron chi connectivity index (χ2n) is 5.23. The molecule has 85 valence electrons. The van der Waals surface area contributed by atoms with Crippen molar-refractivity contribution in [3.8, 4) is 0 Å². The predicted molar refractivity (Wildman–Crippen MR) is 59.8 cm³/mol. The Balaban J connectivity index is 2.86. The fourth-order valence-corrected chi connectivity index (χ4v) is 2.14. The van der Waals surface area contributed by atoms with Gasteiger partial charge in [0.1, 0.15) is 0 Å². The van der Waals surface area contributed by atoms with E-state index in [0.29, 0.717) is 0 Å². The van der Waals surface area contributed by atoms with Crippen LogP contribution in [-0.2, 0) is 9.63 Å². The molecule has 3 heteroatoms. The van der Waals surface area contributed by atoms with Crippen molar-refractivity contribution < 1.29 is 9.63 Å². The van der Waals surface area contributed by atoms with Crippen molar-refractivity contribution in [2.24, 2.45) is 0 Å². The predicted octanol–water partition coefficient (Wildman–Crippen LogP) is 2.49. The highest BCUT2D eigenvalue weighted by Gasteiger charge is 2.44. The van der Waals surface area contributed by atoms with E-state index in [2.05, 4.69) is 40.7 Å². The van der Waals surface area contributed by atoms with E-state index in [1.54, 1.807) is 5.06 Å². The van der Waals surface area contributed by atoms with E-state index in [9.17, 15) is 4.79 Å². The second-order valence-corrected chi connectivity index (χ2v) is 5.23. The van der Waals surface area contributed by atoms with E-state index in [4.69, 9.17) is 4.84 Å². The van der Waals surface area contributed by atoms with Crippen molar-refractivity contribution in [2.45, 2.75) is 51.6 Å². The van der Waals surface area contributed by atoms with Crippen molar-refractivity contribution in [1.82, 2.24) is 5.06 Å². The molecule has 0 aliphatic carbocycles. The van der Waals surface area contributed by atoms with E-state index in [1.807, 2.05) is 0 Å². The highest BCUT2D eigenvalue weighted by molar-refractivity contribution is 5.81. The molecule has 1 heterocycles. The van der Waals surface area contributed by atoms with Crippen molar-refractivity contribution in [2.75, 3.05) is 0 Å². The maximum Gasteiger partial charge on any atom is 0.349 e. The summed E-state index contributed by atoms with van der Waals surface area (Å²) in [4.78, 5) is 16.6. The van der Waals surface area contributed by atoms with Crippen molar-refractivity contribution in [3.63, 3.8) is 0 Å². The summed E-state index contributed by atoms with van der Waals surface area (Å²) in [5.41, 5.74) is -0.305. The monoisotopic (exact) mass is 210 g/mol. The molecule has 0 bridgehead atoms. The van der Waals surface area contributed by atoms with Crippen molar-refractivity contribution in [3.05, 3.63) is 19.1 Å². The van der Waals surface area contributed by atoms with Gasteiger partial charge >= 0.3 is 5.97 Å². The zero-order valence-electron chi connectivity index (χ0n) is 10.0. The Bertz CT molecular complexity index is 253. The van der Waals surface area contributed by atoms with Crippen LogP contribution in [0.1, 0.15) is 40.5 Å². The van der Waals surface area contributed by atoms with Gasteiger partial charge in [0.15, 0.2) is 0 Å². The number of carbonyl (C=O) groups excluding carboxylic acids is 1. The maximum atomic E-state index is 11.3. The third-order valence-corrected chi connectivity index (χ3v) is 2.74. The molecule has 3 nitrogen and oxygen atoms in total. The lowest BCUT2D eigenvalue weighted by atomic mass is 9.82. The minimum absolute atomic E-state index is 0.152. The standard InChI is InChI=1S/C12H20NO2/c1-6-10(14)15-13-11(2,3)8-7-9-12(13,4)5/h6-7H,1,8-9H2,2-5H3. The Morgan fingerprint density at radius 3 is 2.20 bits per heavy atom. The molecule has 15 heavy (non-hydrogen) atoms. The second kappa shape index (κ2) is 3.97. The van der Waals surface area contributed by atoms with Gasteiger partial charge < -0.3 is 4.84 Å². The van der Waals surface area contributed by atoms with Crippen LogP contribution in [0.2, 0.25) is 0 Å². The Morgan fingerprint density at radius 2 is 1.80 bits per heavy atom. The van der Waals surface area contributed by atoms with Gasteiger partial charge in [0.25, 0.3) is 0 Å². The normalized spacial score (nSPS) is 24.5. The summed E-state index contributed by atoms with van der Waals surface area (Å²) >= 11 is 0. The molecule has 0 aromatic heterocycles. The molecule has 1 rings (SSSR count). The van der Waals surface area contributed by atoms with Crippen LogP contribution in [0.3, 0.4) is 0 Å². The van der Waals surface area contributed by atoms with Crippen LogP contribution in [-0.4, -0.2) is 22.1 Å². The number of hydrogen-bond acceptors (Lipinski definition) is 3. The molecule has 0 spiro atoms. The number of hydrogen-bond donors (Lipinski definition) is 0. The van der Waals surface area contributed by atoms with Gasteiger partial charge in [0.05, 0.1) is 11.1 Å². The summed E-state index contributed by atoms with van der Waals surface area (Å²) in [6.07, 6.45) is 5.28. The third-order valence-electron chi connectivity index (χ3n) is 2.74. The molecule has 0 atom stereocenters. The number of rotatable bonds is 2. The van der Waals surface area contributed by atoms with Crippen LogP contribution < -0.4 is 0 Å². The zero-order chi connectivity index (χ0) is 11.7. The van der Waals surface area contributed by atoms with Gasteiger partial charge in [-0.3, -0.25) is 0 Å². The molecule has 0 unspecified atom stereocenters. The topological polar surface area (TPSA) is 29.5 Å². The zero-order valence-corrected chi connectivity index (χ0v) is 10.0. The third kappa shape index (κ3) is 2.59. The lowest BCUT2D eigenvalue weighted by Crippen LogP contribution is -2.58. The summed E-state index contributed by atoms with van der Waals surface area (Å²) in [7, 11) is 0. The molecular formula is C12H20NO2. The van der Waals surface area contributed by atoms with Gasteiger partial charge in [-0.05, 0) is 47.0 Å². The minimum atomic E-state index is -0.391. The first-order valence-corrected chi connectivity index (χ1v) is 5.26. The van der Waals surface area contributed by atoms with E-state index in [1.165, 1.54) is 6.08 Å². The van der Waals surface area contributed by atoms with Crippen molar-refractivity contribution >= 4 is 5.97 Å². The molecule has 1 radical (unpaired) electrons. The number of piperidine rings is 1. The van der Waals surface area contributed by atoms with E-state index in [-0.39, 0.29) is 11.1 Å². The van der Waals surface area contributed by atoms with Gasteiger partial charge in [-0.2, -0.15) is 0 Å². The van der Waals surface area contributed by atoms with Gasteiger partial charge in [0, 0.05) is 6.08 Å². The van der Waals surface area contributed by atoms with Gasteiger partial charge in [-0.15, -0.1) is 5.06 Å². The average Bonchev–Trinajstić information content (AvgIpc) is 2.10. The van der Waals surface area contributed by atoms with Crippen LogP contribution in [0.15, 0.2) is 12.7 Å². The minimum Gasteiger partial charge on any atom is -0.363 e. The first-order valence-electron chi connectivity index (χ1n) is 5.26. The Kier molecular flexibility index (Phi) is 3.24. The Hall–Kier alpha value is -0.830. The van der Waals surface area contributed by atoms with Crippen LogP contribution in [0.25, 0.3) is 0 Å². The summed E-state index contributed by atoms with van der Waals surface area (Å²) in [5, 5.41) is 1.80. The van der Waals surface area contributed by atoms with Crippen LogP contribution >= 0.6 is 0 Å². The first kappa shape index (κ1) is 12.2. The smallest absolute Gasteiger partial charge is 0.349 e. The molecule has 1 fully saturated rings. The molecule has 1 aliphatic heterocycles. The highest BCUT2D eigenvalue weighted by atomic mass is 16.7. The van der Waals surface area contributed by atoms with E-state index < -0.39 is 5.97 Å². The Morgan fingerprint density at radius 1 is 1.33 bits per heavy atom. The van der Waals surface area contributed by atoms with Gasteiger partial charge in [0.2, 0.25) is 0 Å². The van der Waals surface area contributed by atoms with Gasteiger partial charge in [-0.1, -0.05) is 6.58 Å². The molecule has 0 saturated carbocycles. The van der Waals surface area contributed by atoms with Crippen molar-refractivity contribution in [1.29, 1.82) is 0 Å². The summed E-state index contributed by atoms with van der Waals surface area (Å²) in [6, 6.07) is 0. The first-order chi connectivity index (χ1) is 6.79. The molecule has 0 aromatic carbocycles.